The van der Waals surface area contributed by atoms with Crippen molar-refractivity contribution in [1.29, 1.82) is 0 Å². The summed E-state index contributed by atoms with van der Waals surface area (Å²) < 4.78 is 38.0. The zero-order chi connectivity index (χ0) is 17.7. The molecule has 1 N–H and O–H groups in total. The van der Waals surface area contributed by atoms with Crippen LogP contribution in [0.3, 0.4) is 0 Å². The second-order valence-electron chi connectivity index (χ2n) is 5.04. The number of carbonyl (C=O) groups is 1. The molecule has 2 rings (SSSR count). The van der Waals surface area contributed by atoms with Crippen LogP contribution in [0.1, 0.15) is 22.4 Å². The third kappa shape index (κ3) is 4.55. The van der Waals surface area contributed by atoms with Crippen LogP contribution in [0.15, 0.2) is 60.8 Å². The molecule has 1 aromatic carbocycles. The highest BCUT2D eigenvalue weighted by Crippen LogP contribution is 2.31. The van der Waals surface area contributed by atoms with Gasteiger partial charge < -0.3 is 5.11 Å². The van der Waals surface area contributed by atoms with Crippen LogP contribution in [0.5, 0.6) is 0 Å². The second-order valence-corrected chi connectivity index (χ2v) is 5.04. The van der Waals surface area contributed by atoms with Crippen molar-refractivity contribution in [1.82, 2.24) is 4.98 Å². The number of aryl methyl sites for hydroxylation is 1. The summed E-state index contributed by atoms with van der Waals surface area (Å²) in [4.78, 5) is 14.8. The number of hydrogen-bond acceptors (Lipinski definition) is 2. The zero-order valence-electron chi connectivity index (χ0n) is 12.7. The number of rotatable bonds is 4. The summed E-state index contributed by atoms with van der Waals surface area (Å²) in [6.07, 6.45) is 0.994. The van der Waals surface area contributed by atoms with Crippen molar-refractivity contribution in [3.63, 3.8) is 0 Å². The Balaban J connectivity index is 2.46. The van der Waals surface area contributed by atoms with Gasteiger partial charge in [-0.1, -0.05) is 30.4 Å². The molecule has 2 aromatic rings. The molecule has 0 aliphatic carbocycles. The summed E-state index contributed by atoms with van der Waals surface area (Å²) in [5.74, 6) is -1.11. The number of halogens is 3. The third-order valence-electron chi connectivity index (χ3n) is 3.25. The third-order valence-corrected chi connectivity index (χ3v) is 3.25. The van der Waals surface area contributed by atoms with E-state index in [1.807, 2.05) is 6.92 Å². The van der Waals surface area contributed by atoms with Gasteiger partial charge in [0.05, 0.1) is 5.56 Å². The lowest BCUT2D eigenvalue weighted by Crippen LogP contribution is -2.04. The zero-order valence-corrected chi connectivity index (χ0v) is 12.7. The fourth-order valence-electron chi connectivity index (χ4n) is 2.05. The van der Waals surface area contributed by atoms with Crippen molar-refractivity contribution in [3.05, 3.63) is 83.2 Å². The Morgan fingerprint density at radius 1 is 1.08 bits per heavy atom. The minimum absolute atomic E-state index is 0.531. The van der Waals surface area contributed by atoms with Gasteiger partial charge in [0.25, 0.3) is 0 Å². The SMILES string of the molecule is Cc1ccc(/C(=C/C=C/C(=O)O)c2ccc(C(F)(F)F)cc2)cn1. The van der Waals surface area contributed by atoms with E-state index in [1.54, 1.807) is 18.3 Å². The van der Waals surface area contributed by atoms with Gasteiger partial charge in [-0.15, -0.1) is 0 Å². The molecule has 0 amide bonds. The first-order chi connectivity index (χ1) is 11.3. The number of pyridine rings is 1. The summed E-state index contributed by atoms with van der Waals surface area (Å²) in [5, 5.41) is 8.68. The summed E-state index contributed by atoms with van der Waals surface area (Å²) in [6, 6.07) is 8.23. The largest absolute Gasteiger partial charge is 0.478 e. The summed E-state index contributed by atoms with van der Waals surface area (Å²) in [6.45, 7) is 1.82. The topological polar surface area (TPSA) is 50.2 Å². The van der Waals surface area contributed by atoms with Crippen LogP contribution < -0.4 is 0 Å². The van der Waals surface area contributed by atoms with Gasteiger partial charge in [0, 0.05) is 23.5 Å². The van der Waals surface area contributed by atoms with E-state index in [4.69, 9.17) is 5.11 Å². The Morgan fingerprint density at radius 2 is 1.71 bits per heavy atom. The van der Waals surface area contributed by atoms with Crippen molar-refractivity contribution in [3.8, 4) is 0 Å². The summed E-state index contributed by atoms with van der Waals surface area (Å²) >= 11 is 0. The van der Waals surface area contributed by atoms with E-state index >= 15 is 0 Å². The van der Waals surface area contributed by atoms with Crippen LogP contribution in [0.4, 0.5) is 13.2 Å². The number of nitrogens with zero attached hydrogens (tertiary/aromatic N) is 1. The van der Waals surface area contributed by atoms with Crippen molar-refractivity contribution >= 4 is 11.5 Å². The quantitative estimate of drug-likeness (QED) is 0.663. The van der Waals surface area contributed by atoms with Crippen molar-refractivity contribution in [2.24, 2.45) is 0 Å². The maximum Gasteiger partial charge on any atom is 0.416 e. The highest BCUT2D eigenvalue weighted by atomic mass is 19.4. The number of hydrogen-bond donors (Lipinski definition) is 1. The Hall–Kier alpha value is -2.89. The molecule has 0 saturated heterocycles. The lowest BCUT2D eigenvalue weighted by Gasteiger charge is -2.10. The standard InChI is InChI=1S/C18H14F3NO2/c1-12-5-6-14(11-22-12)16(3-2-4-17(23)24)13-7-9-15(10-8-13)18(19,20)21/h2-11H,1H3,(H,23,24)/b4-2+,16-3+. The number of benzene rings is 1. The fourth-order valence-corrected chi connectivity index (χ4v) is 2.05. The van der Waals surface area contributed by atoms with Crippen LogP contribution in [0, 0.1) is 6.92 Å². The highest BCUT2D eigenvalue weighted by molar-refractivity contribution is 5.83. The van der Waals surface area contributed by atoms with Gasteiger partial charge in [-0.3, -0.25) is 4.98 Å². The Kier molecular flexibility index (Phi) is 5.18. The molecule has 3 nitrogen and oxygen atoms in total. The Morgan fingerprint density at radius 3 is 2.21 bits per heavy atom. The predicted octanol–water partition coefficient (Wildman–Crippen LogP) is 4.48. The van der Waals surface area contributed by atoms with Gasteiger partial charge in [0.15, 0.2) is 0 Å². The number of carboxylic acid groups (broad SMARTS) is 1. The van der Waals surface area contributed by atoms with E-state index in [1.165, 1.54) is 24.3 Å². The predicted molar refractivity (Wildman–Crippen MR) is 84.3 cm³/mol. The average Bonchev–Trinajstić information content (AvgIpc) is 2.52. The van der Waals surface area contributed by atoms with Gasteiger partial charge in [-0.05, 0) is 36.3 Å². The van der Waals surface area contributed by atoms with Crippen molar-refractivity contribution < 1.29 is 23.1 Å². The molecule has 24 heavy (non-hydrogen) atoms. The minimum Gasteiger partial charge on any atom is -0.478 e. The second kappa shape index (κ2) is 7.12. The van der Waals surface area contributed by atoms with E-state index in [0.29, 0.717) is 16.7 Å². The lowest BCUT2D eigenvalue weighted by atomic mass is 9.97. The summed E-state index contributed by atoms with van der Waals surface area (Å²) in [7, 11) is 0. The molecular weight excluding hydrogens is 319 g/mol. The van der Waals surface area contributed by atoms with Crippen LogP contribution in [-0.4, -0.2) is 16.1 Å². The van der Waals surface area contributed by atoms with Crippen LogP contribution in [0.2, 0.25) is 0 Å². The molecular formula is C18H14F3NO2. The smallest absolute Gasteiger partial charge is 0.416 e. The molecule has 0 bridgehead atoms. The molecule has 0 radical (unpaired) electrons. The molecule has 1 aromatic heterocycles. The number of aromatic nitrogens is 1. The molecule has 0 aliphatic rings. The van der Waals surface area contributed by atoms with E-state index in [0.717, 1.165) is 23.9 Å². The van der Waals surface area contributed by atoms with Crippen molar-refractivity contribution in [2.45, 2.75) is 13.1 Å². The molecule has 0 unspecified atom stereocenters. The first-order valence-electron chi connectivity index (χ1n) is 6.99. The van der Waals surface area contributed by atoms with E-state index in [9.17, 15) is 18.0 Å². The molecule has 0 atom stereocenters. The first kappa shape index (κ1) is 17.5. The molecule has 0 spiro atoms. The van der Waals surface area contributed by atoms with Gasteiger partial charge in [-0.25, -0.2) is 4.79 Å². The first-order valence-corrected chi connectivity index (χ1v) is 6.99. The van der Waals surface area contributed by atoms with Crippen molar-refractivity contribution in [2.75, 3.05) is 0 Å². The maximum absolute atomic E-state index is 12.7. The molecule has 0 fully saturated rings. The van der Waals surface area contributed by atoms with Crippen LogP contribution >= 0.6 is 0 Å². The molecule has 0 saturated carbocycles. The number of alkyl halides is 3. The number of aliphatic carboxylic acids is 1. The highest BCUT2D eigenvalue weighted by Gasteiger charge is 2.30. The maximum atomic E-state index is 12.7. The molecule has 1 heterocycles. The van der Waals surface area contributed by atoms with Gasteiger partial charge in [-0.2, -0.15) is 13.2 Å². The Bertz CT molecular complexity index is 773. The van der Waals surface area contributed by atoms with Gasteiger partial charge >= 0.3 is 12.1 Å². The minimum atomic E-state index is -4.41. The monoisotopic (exact) mass is 333 g/mol. The average molecular weight is 333 g/mol. The molecule has 6 heteroatoms. The molecule has 0 aliphatic heterocycles. The van der Waals surface area contributed by atoms with Gasteiger partial charge in [0.2, 0.25) is 0 Å². The van der Waals surface area contributed by atoms with E-state index in [-0.39, 0.29) is 0 Å². The lowest BCUT2D eigenvalue weighted by molar-refractivity contribution is -0.137. The number of carboxylic acids is 1. The van der Waals surface area contributed by atoms with Crippen LogP contribution in [-0.2, 0) is 11.0 Å². The van der Waals surface area contributed by atoms with E-state index < -0.39 is 17.7 Å². The Labute approximate surface area is 136 Å². The normalized spacial score (nSPS) is 12.6. The van der Waals surface area contributed by atoms with Gasteiger partial charge in [0.1, 0.15) is 0 Å². The molecule has 124 valence electrons. The fraction of sp³-hybridized carbons (Fsp3) is 0.111. The van der Waals surface area contributed by atoms with Crippen LogP contribution in [0.25, 0.3) is 5.57 Å². The number of allylic oxidation sites excluding steroid dienone is 2. The summed E-state index contributed by atoms with van der Waals surface area (Å²) in [5.41, 5.74) is 1.84. The van der Waals surface area contributed by atoms with E-state index in [2.05, 4.69) is 4.98 Å².